The van der Waals surface area contributed by atoms with Crippen LogP contribution in [0.5, 0.6) is 5.75 Å². The number of piperidine rings is 1. The third kappa shape index (κ3) is 3.29. The van der Waals surface area contributed by atoms with Crippen molar-refractivity contribution in [1.82, 2.24) is 4.90 Å². The van der Waals surface area contributed by atoms with Crippen molar-refractivity contribution >= 4 is 29.1 Å². The average Bonchev–Trinajstić information content (AvgIpc) is 3.41. The zero-order valence-electron chi connectivity index (χ0n) is 12.8. The number of benzene rings is 1. The molecule has 126 valence electrons. The molecule has 0 aromatic heterocycles. The summed E-state index contributed by atoms with van der Waals surface area (Å²) in [5.41, 5.74) is 0.856. The van der Waals surface area contributed by atoms with Crippen molar-refractivity contribution in [1.29, 1.82) is 0 Å². The number of hydrogen-bond acceptors (Lipinski definition) is 4. The second kappa shape index (κ2) is 6.85. The topological polar surface area (TPSA) is 62.3 Å². The fourth-order valence-corrected chi connectivity index (χ4v) is 3.73. The van der Waals surface area contributed by atoms with Crippen molar-refractivity contribution in [3.8, 4) is 5.75 Å². The zero-order chi connectivity index (χ0) is 16.6. The van der Waals surface area contributed by atoms with E-state index in [1.54, 1.807) is 24.1 Å². The van der Waals surface area contributed by atoms with Crippen molar-refractivity contribution in [2.45, 2.75) is 30.9 Å². The number of aliphatic hydroxyl groups excluding tert-OH is 1. The lowest BCUT2D eigenvalue weighted by molar-refractivity contribution is -0.137. The highest BCUT2D eigenvalue weighted by Gasteiger charge is 2.41. The van der Waals surface area contributed by atoms with Gasteiger partial charge in [-0.2, -0.15) is 0 Å². The average molecular weight is 360 g/mol. The van der Waals surface area contributed by atoms with Gasteiger partial charge in [-0.05, 0) is 30.9 Å². The first-order valence-electron chi connectivity index (χ1n) is 7.61. The number of methoxy groups -OCH3 is 1. The van der Waals surface area contributed by atoms with Gasteiger partial charge in [-0.1, -0.05) is 23.2 Å². The van der Waals surface area contributed by atoms with E-state index in [4.69, 9.17) is 32.7 Å². The largest absolute Gasteiger partial charge is 0.496 e. The molecule has 5 nitrogen and oxygen atoms in total. The number of rotatable bonds is 4. The van der Waals surface area contributed by atoms with Crippen LogP contribution in [0.1, 0.15) is 24.3 Å². The molecule has 3 atom stereocenters. The summed E-state index contributed by atoms with van der Waals surface area (Å²) in [6.07, 6.45) is 1.03. The quantitative estimate of drug-likeness (QED) is 0.838. The molecule has 0 bridgehead atoms. The summed E-state index contributed by atoms with van der Waals surface area (Å²) < 4.78 is 10.5. The van der Waals surface area contributed by atoms with Crippen LogP contribution in [-0.2, 0) is 9.53 Å². The first-order valence-corrected chi connectivity index (χ1v) is 8.37. The summed E-state index contributed by atoms with van der Waals surface area (Å²) in [6.45, 7) is 0.945. The lowest BCUT2D eigenvalue weighted by Crippen LogP contribution is -2.49. The Morgan fingerprint density at radius 1 is 1.48 bits per heavy atom. The number of carbonyl (C=O) groups is 1. The minimum absolute atomic E-state index is 0.0355. The molecule has 3 rings (SSSR count). The molecular formula is C16H19Cl2NO4. The molecule has 1 unspecified atom stereocenters. The molecule has 7 heteroatoms. The van der Waals surface area contributed by atoms with Crippen LogP contribution >= 0.6 is 23.2 Å². The van der Waals surface area contributed by atoms with Gasteiger partial charge < -0.3 is 19.5 Å². The molecule has 2 fully saturated rings. The van der Waals surface area contributed by atoms with Gasteiger partial charge in [0.25, 0.3) is 5.91 Å². The van der Waals surface area contributed by atoms with Crippen LogP contribution in [0.4, 0.5) is 0 Å². The Kier molecular flexibility index (Phi) is 5.01. The fraction of sp³-hybridized carbons (Fsp3) is 0.562. The third-order valence-corrected chi connectivity index (χ3v) is 5.36. The lowest BCUT2D eigenvalue weighted by Gasteiger charge is -2.39. The number of likely N-dealkylation sites (tertiary alicyclic amines) is 1. The Hall–Kier alpha value is -1.01. The highest BCUT2D eigenvalue weighted by molar-refractivity contribution is 6.42. The maximum Gasteiger partial charge on any atom is 0.254 e. The van der Waals surface area contributed by atoms with Crippen LogP contribution < -0.4 is 4.74 Å². The second-order valence-electron chi connectivity index (χ2n) is 5.89. The molecule has 1 aromatic rings. The maximum absolute atomic E-state index is 12.2. The van der Waals surface area contributed by atoms with E-state index in [0.29, 0.717) is 35.4 Å². The van der Waals surface area contributed by atoms with Gasteiger partial charge in [0.2, 0.25) is 0 Å². The van der Waals surface area contributed by atoms with Gasteiger partial charge in [0.1, 0.15) is 5.75 Å². The number of nitrogens with zero attached hydrogens (tertiary/aromatic N) is 1. The summed E-state index contributed by atoms with van der Waals surface area (Å²) in [4.78, 5) is 14.0. The smallest absolute Gasteiger partial charge is 0.254 e. The summed E-state index contributed by atoms with van der Waals surface area (Å²) in [5, 5.41) is 10.7. The van der Waals surface area contributed by atoms with Crippen LogP contribution in [0.15, 0.2) is 12.1 Å². The minimum atomic E-state index is -0.329. The number of halogens is 2. The van der Waals surface area contributed by atoms with Gasteiger partial charge in [0, 0.05) is 12.1 Å². The molecule has 0 spiro atoms. The van der Waals surface area contributed by atoms with E-state index in [2.05, 4.69) is 0 Å². The van der Waals surface area contributed by atoms with Crippen LogP contribution in [0.2, 0.25) is 10.0 Å². The molecule has 23 heavy (non-hydrogen) atoms. The molecule has 0 saturated carbocycles. The van der Waals surface area contributed by atoms with E-state index >= 15 is 0 Å². The highest BCUT2D eigenvalue weighted by Crippen LogP contribution is 2.43. The number of epoxide rings is 1. The number of hydrogen-bond donors (Lipinski definition) is 1. The van der Waals surface area contributed by atoms with E-state index < -0.39 is 0 Å². The van der Waals surface area contributed by atoms with Crippen LogP contribution in [0.3, 0.4) is 0 Å². The van der Waals surface area contributed by atoms with E-state index in [-0.39, 0.29) is 30.6 Å². The normalized spacial score (nSPS) is 27.0. The molecule has 2 aliphatic rings. The van der Waals surface area contributed by atoms with Gasteiger partial charge in [-0.3, -0.25) is 4.79 Å². The Bertz CT molecular complexity index is 606. The first-order chi connectivity index (χ1) is 11.1. The van der Waals surface area contributed by atoms with Crippen molar-refractivity contribution in [2.75, 3.05) is 26.9 Å². The van der Waals surface area contributed by atoms with E-state index in [9.17, 15) is 9.90 Å². The molecular weight excluding hydrogens is 341 g/mol. The Labute approximate surface area is 145 Å². The van der Waals surface area contributed by atoms with Crippen LogP contribution in [0, 0.1) is 0 Å². The Morgan fingerprint density at radius 3 is 2.83 bits per heavy atom. The SMILES string of the molecule is COc1ccc(Cl)c(Cl)c1[C@@H]1CCN(C(=O)C2CO2)[C@H](CO)C1. The second-order valence-corrected chi connectivity index (χ2v) is 6.67. The van der Waals surface area contributed by atoms with Gasteiger partial charge in [0.15, 0.2) is 6.10 Å². The van der Waals surface area contributed by atoms with Gasteiger partial charge in [-0.15, -0.1) is 0 Å². The van der Waals surface area contributed by atoms with Crippen molar-refractivity contribution in [3.63, 3.8) is 0 Å². The van der Waals surface area contributed by atoms with Gasteiger partial charge >= 0.3 is 0 Å². The van der Waals surface area contributed by atoms with Crippen molar-refractivity contribution in [2.24, 2.45) is 0 Å². The van der Waals surface area contributed by atoms with E-state index in [1.165, 1.54) is 0 Å². The monoisotopic (exact) mass is 359 g/mol. The summed E-state index contributed by atoms with van der Waals surface area (Å²) in [5.74, 6) is 0.732. The number of ether oxygens (including phenoxy) is 2. The van der Waals surface area contributed by atoms with Gasteiger partial charge in [-0.25, -0.2) is 0 Å². The van der Waals surface area contributed by atoms with E-state index in [1.807, 2.05) is 0 Å². The summed E-state index contributed by atoms with van der Waals surface area (Å²) in [6, 6.07) is 3.26. The van der Waals surface area contributed by atoms with Gasteiger partial charge in [0.05, 0.1) is 36.4 Å². The third-order valence-electron chi connectivity index (χ3n) is 4.54. The Morgan fingerprint density at radius 2 is 2.22 bits per heavy atom. The predicted octanol–water partition coefficient (Wildman–Crippen LogP) is 2.47. The number of aliphatic hydroxyl groups is 1. The van der Waals surface area contributed by atoms with Crippen LogP contribution in [0.25, 0.3) is 0 Å². The summed E-state index contributed by atoms with van der Waals surface area (Å²) in [7, 11) is 1.59. The molecule has 1 N–H and O–H groups in total. The minimum Gasteiger partial charge on any atom is -0.496 e. The van der Waals surface area contributed by atoms with E-state index in [0.717, 1.165) is 12.0 Å². The van der Waals surface area contributed by atoms with Crippen molar-refractivity contribution in [3.05, 3.63) is 27.7 Å². The number of amides is 1. The number of carbonyl (C=O) groups excluding carboxylic acids is 1. The molecule has 2 heterocycles. The molecule has 1 amide bonds. The standard InChI is InChI=1S/C16H19Cl2NO4/c1-22-12-3-2-11(17)15(18)14(12)9-4-5-19(10(6-9)7-20)16(21)13-8-23-13/h2-3,9-10,13,20H,4-8H2,1H3/t9-,10+,13?/m1/s1. The van der Waals surface area contributed by atoms with Crippen molar-refractivity contribution < 1.29 is 19.4 Å². The lowest BCUT2D eigenvalue weighted by atomic mass is 9.84. The molecule has 1 aromatic carbocycles. The predicted molar refractivity (Wildman–Crippen MR) is 87.3 cm³/mol. The molecule has 0 aliphatic carbocycles. The molecule has 0 radical (unpaired) electrons. The summed E-state index contributed by atoms with van der Waals surface area (Å²) >= 11 is 12.5. The highest BCUT2D eigenvalue weighted by atomic mass is 35.5. The molecule has 2 aliphatic heterocycles. The molecule has 2 saturated heterocycles. The Balaban J connectivity index is 1.83. The van der Waals surface area contributed by atoms with Crippen LogP contribution in [-0.4, -0.2) is 54.9 Å². The zero-order valence-corrected chi connectivity index (χ0v) is 14.3. The maximum atomic E-state index is 12.2. The first kappa shape index (κ1) is 16.8. The fourth-order valence-electron chi connectivity index (χ4n) is 3.26.